The molecule has 1 atom stereocenters. The second-order valence-corrected chi connectivity index (χ2v) is 4.41. The Kier molecular flexibility index (Phi) is 4.57. The normalized spacial score (nSPS) is 18.9. The molecule has 1 aromatic carbocycles. The quantitative estimate of drug-likeness (QED) is 0.652. The van der Waals surface area contributed by atoms with Crippen molar-refractivity contribution >= 4 is 5.69 Å². The lowest BCUT2D eigenvalue weighted by atomic mass is 10.1. The molecular formula is C13H18N2O4. The number of nitro benzene ring substituents is 1. The van der Waals surface area contributed by atoms with E-state index in [1.165, 1.54) is 6.07 Å². The second kappa shape index (κ2) is 6.38. The molecule has 1 aromatic rings. The van der Waals surface area contributed by atoms with Gasteiger partial charge in [0, 0.05) is 18.7 Å². The van der Waals surface area contributed by atoms with Crippen molar-refractivity contribution in [1.82, 2.24) is 5.32 Å². The second-order valence-electron chi connectivity index (χ2n) is 4.41. The highest BCUT2D eigenvalue weighted by Gasteiger charge is 2.19. The van der Waals surface area contributed by atoms with Crippen LogP contribution in [0.15, 0.2) is 18.2 Å². The summed E-state index contributed by atoms with van der Waals surface area (Å²) in [7, 11) is 0. The summed E-state index contributed by atoms with van der Waals surface area (Å²) in [5, 5.41) is 14.1. The zero-order valence-electron chi connectivity index (χ0n) is 10.9. The van der Waals surface area contributed by atoms with Crippen LogP contribution in [-0.2, 0) is 0 Å². The minimum atomic E-state index is -0.447. The molecule has 0 aliphatic carbocycles. The Bertz CT molecular complexity index is 444. The number of hydrogen-bond donors (Lipinski definition) is 1. The Hall–Kier alpha value is -1.82. The molecule has 1 unspecified atom stereocenters. The maximum absolute atomic E-state index is 10.9. The van der Waals surface area contributed by atoms with Gasteiger partial charge in [-0.1, -0.05) is 0 Å². The average molecular weight is 266 g/mol. The molecule has 1 heterocycles. The van der Waals surface area contributed by atoms with E-state index >= 15 is 0 Å². The van der Waals surface area contributed by atoms with Crippen molar-refractivity contribution in [2.24, 2.45) is 0 Å². The first-order valence-electron chi connectivity index (χ1n) is 6.49. The lowest BCUT2D eigenvalue weighted by Crippen LogP contribution is -2.37. The van der Waals surface area contributed by atoms with Crippen molar-refractivity contribution < 1.29 is 14.4 Å². The molecule has 0 bridgehead atoms. The van der Waals surface area contributed by atoms with Crippen LogP contribution < -0.4 is 14.8 Å². The predicted octanol–water partition coefficient (Wildman–Crippen LogP) is 2.12. The summed E-state index contributed by atoms with van der Waals surface area (Å²) < 4.78 is 11.1. The fourth-order valence-electron chi connectivity index (χ4n) is 2.10. The Labute approximate surface area is 111 Å². The van der Waals surface area contributed by atoms with E-state index in [1.807, 2.05) is 0 Å². The molecule has 0 radical (unpaired) electrons. The minimum absolute atomic E-state index is 0.0315. The Balaban J connectivity index is 2.12. The van der Waals surface area contributed by atoms with Crippen molar-refractivity contribution in [1.29, 1.82) is 0 Å². The van der Waals surface area contributed by atoms with Crippen LogP contribution in [0.2, 0.25) is 0 Å². The topological polar surface area (TPSA) is 73.6 Å². The van der Waals surface area contributed by atoms with Gasteiger partial charge in [0.05, 0.1) is 11.5 Å². The molecule has 1 fully saturated rings. The highest BCUT2D eigenvalue weighted by molar-refractivity contribution is 5.50. The van der Waals surface area contributed by atoms with E-state index in [9.17, 15) is 10.1 Å². The first-order valence-corrected chi connectivity index (χ1v) is 6.49. The zero-order valence-corrected chi connectivity index (χ0v) is 10.9. The predicted molar refractivity (Wildman–Crippen MR) is 70.8 cm³/mol. The highest BCUT2D eigenvalue weighted by atomic mass is 16.6. The molecule has 1 N–H and O–H groups in total. The van der Waals surface area contributed by atoms with Gasteiger partial charge in [-0.3, -0.25) is 10.1 Å². The lowest BCUT2D eigenvalue weighted by molar-refractivity contribution is -0.385. The van der Waals surface area contributed by atoms with E-state index in [2.05, 4.69) is 5.32 Å². The van der Waals surface area contributed by atoms with Crippen molar-refractivity contribution in [3.05, 3.63) is 28.3 Å². The monoisotopic (exact) mass is 266 g/mol. The summed E-state index contributed by atoms with van der Waals surface area (Å²) >= 11 is 0. The Morgan fingerprint density at radius 2 is 2.37 bits per heavy atom. The van der Waals surface area contributed by atoms with Gasteiger partial charge in [0.2, 0.25) is 5.75 Å². The van der Waals surface area contributed by atoms with Gasteiger partial charge in [0.1, 0.15) is 11.9 Å². The van der Waals surface area contributed by atoms with Crippen LogP contribution in [0.4, 0.5) is 5.69 Å². The molecule has 0 spiro atoms. The molecule has 1 saturated heterocycles. The highest BCUT2D eigenvalue weighted by Crippen LogP contribution is 2.31. The summed E-state index contributed by atoms with van der Waals surface area (Å²) in [5.74, 6) is 0.872. The van der Waals surface area contributed by atoms with Crippen LogP contribution in [0.25, 0.3) is 0 Å². The average Bonchev–Trinajstić information content (AvgIpc) is 2.40. The fourth-order valence-corrected chi connectivity index (χ4v) is 2.10. The van der Waals surface area contributed by atoms with Crippen LogP contribution in [0.1, 0.15) is 19.8 Å². The van der Waals surface area contributed by atoms with E-state index in [0.29, 0.717) is 12.4 Å². The minimum Gasteiger partial charge on any atom is -0.489 e. The maximum Gasteiger partial charge on any atom is 0.311 e. The Morgan fingerprint density at radius 3 is 3.00 bits per heavy atom. The van der Waals surface area contributed by atoms with E-state index in [0.717, 1.165) is 25.9 Å². The summed E-state index contributed by atoms with van der Waals surface area (Å²) in [6, 6.07) is 4.64. The third-order valence-electron chi connectivity index (χ3n) is 2.98. The molecule has 1 aliphatic rings. The van der Waals surface area contributed by atoms with Crippen LogP contribution in [0.5, 0.6) is 11.5 Å². The van der Waals surface area contributed by atoms with E-state index in [4.69, 9.17) is 9.47 Å². The maximum atomic E-state index is 10.9. The SMILES string of the molecule is CCOc1cc(OC2CCCNC2)ccc1[N+](=O)[O-]. The smallest absolute Gasteiger partial charge is 0.311 e. The first-order chi connectivity index (χ1) is 9.20. The Morgan fingerprint density at radius 1 is 1.53 bits per heavy atom. The number of piperidine rings is 1. The molecule has 6 nitrogen and oxygen atoms in total. The van der Waals surface area contributed by atoms with Gasteiger partial charge < -0.3 is 14.8 Å². The summed E-state index contributed by atoms with van der Waals surface area (Å²) in [4.78, 5) is 10.4. The van der Waals surface area contributed by atoms with Crippen LogP contribution in [0.3, 0.4) is 0 Å². The molecule has 2 rings (SSSR count). The van der Waals surface area contributed by atoms with Gasteiger partial charge in [-0.15, -0.1) is 0 Å². The van der Waals surface area contributed by atoms with Gasteiger partial charge in [-0.05, 0) is 32.4 Å². The number of benzene rings is 1. The van der Waals surface area contributed by atoms with Crippen molar-refractivity contribution in [2.75, 3.05) is 19.7 Å². The summed E-state index contributed by atoms with van der Waals surface area (Å²) in [6.45, 7) is 4.00. The molecule has 19 heavy (non-hydrogen) atoms. The van der Waals surface area contributed by atoms with Gasteiger partial charge in [0.25, 0.3) is 0 Å². The third-order valence-corrected chi connectivity index (χ3v) is 2.98. The van der Waals surface area contributed by atoms with Crippen LogP contribution >= 0.6 is 0 Å². The molecule has 0 saturated carbocycles. The molecule has 1 aliphatic heterocycles. The van der Waals surface area contributed by atoms with Crippen LogP contribution in [0, 0.1) is 10.1 Å². The lowest BCUT2D eigenvalue weighted by Gasteiger charge is -2.24. The number of rotatable bonds is 5. The number of nitro groups is 1. The van der Waals surface area contributed by atoms with E-state index in [-0.39, 0.29) is 17.5 Å². The van der Waals surface area contributed by atoms with Gasteiger partial charge in [-0.25, -0.2) is 0 Å². The van der Waals surface area contributed by atoms with E-state index in [1.54, 1.807) is 19.1 Å². The van der Waals surface area contributed by atoms with Gasteiger partial charge in [0.15, 0.2) is 0 Å². The third kappa shape index (κ3) is 3.57. The van der Waals surface area contributed by atoms with Gasteiger partial charge in [-0.2, -0.15) is 0 Å². The van der Waals surface area contributed by atoms with Gasteiger partial charge >= 0.3 is 5.69 Å². The number of ether oxygens (including phenoxy) is 2. The fraction of sp³-hybridized carbons (Fsp3) is 0.538. The standard InChI is InChI=1S/C13H18N2O4/c1-2-18-13-8-10(5-6-12(13)15(16)17)19-11-4-3-7-14-9-11/h5-6,8,11,14H,2-4,7,9H2,1H3. The number of nitrogens with zero attached hydrogens (tertiary/aromatic N) is 1. The number of nitrogens with one attached hydrogen (secondary N) is 1. The summed E-state index contributed by atoms with van der Waals surface area (Å²) in [6.07, 6.45) is 2.19. The molecule has 0 aromatic heterocycles. The molecule has 104 valence electrons. The number of hydrogen-bond acceptors (Lipinski definition) is 5. The van der Waals surface area contributed by atoms with Crippen molar-refractivity contribution in [2.45, 2.75) is 25.9 Å². The van der Waals surface area contributed by atoms with Crippen LogP contribution in [-0.4, -0.2) is 30.7 Å². The largest absolute Gasteiger partial charge is 0.489 e. The molecular weight excluding hydrogens is 248 g/mol. The summed E-state index contributed by atoms with van der Waals surface area (Å²) in [5.41, 5.74) is -0.0315. The first kappa shape index (κ1) is 13.6. The van der Waals surface area contributed by atoms with Crippen molar-refractivity contribution in [3.63, 3.8) is 0 Å². The molecule has 0 amide bonds. The molecule has 6 heteroatoms. The zero-order chi connectivity index (χ0) is 13.7. The van der Waals surface area contributed by atoms with Crippen molar-refractivity contribution in [3.8, 4) is 11.5 Å². The van der Waals surface area contributed by atoms with E-state index < -0.39 is 4.92 Å².